The summed E-state index contributed by atoms with van der Waals surface area (Å²) in [5.41, 5.74) is 7.50. The first kappa shape index (κ1) is 14.2. The summed E-state index contributed by atoms with van der Waals surface area (Å²) in [5, 5.41) is 5.57. The zero-order valence-corrected chi connectivity index (χ0v) is 12.9. The monoisotopic (exact) mass is 320 g/mol. The zero-order chi connectivity index (χ0) is 14.8. The average Bonchev–Trinajstić information content (AvgIpc) is 3.05. The fourth-order valence-corrected chi connectivity index (χ4v) is 3.06. The van der Waals surface area contributed by atoms with Crippen LogP contribution < -0.4 is 5.73 Å². The second-order valence-electron chi connectivity index (χ2n) is 4.55. The van der Waals surface area contributed by atoms with Gasteiger partial charge in [0, 0.05) is 18.0 Å². The largest absolute Gasteiger partial charge is 0.333 e. The SMILES string of the molecule is Cc1nc(CN)sc1-c1nc(Cc2cccc(Cl)c2)no1. The Bertz CT molecular complexity index is 768. The molecule has 108 valence electrons. The first-order valence-electron chi connectivity index (χ1n) is 6.39. The number of nitrogens with zero attached hydrogens (tertiary/aromatic N) is 3. The van der Waals surface area contributed by atoms with Gasteiger partial charge in [-0.1, -0.05) is 28.9 Å². The molecule has 3 aromatic rings. The molecule has 0 unspecified atom stereocenters. The zero-order valence-electron chi connectivity index (χ0n) is 11.3. The van der Waals surface area contributed by atoms with Crippen molar-refractivity contribution in [2.45, 2.75) is 19.9 Å². The van der Waals surface area contributed by atoms with E-state index >= 15 is 0 Å². The number of benzene rings is 1. The van der Waals surface area contributed by atoms with Crippen LogP contribution in [0.15, 0.2) is 28.8 Å². The molecule has 0 fully saturated rings. The number of halogens is 1. The van der Waals surface area contributed by atoms with E-state index < -0.39 is 0 Å². The highest BCUT2D eigenvalue weighted by atomic mass is 35.5. The van der Waals surface area contributed by atoms with Gasteiger partial charge in [-0.25, -0.2) is 4.98 Å². The van der Waals surface area contributed by atoms with Gasteiger partial charge in [-0.2, -0.15) is 4.98 Å². The molecule has 2 aromatic heterocycles. The second-order valence-corrected chi connectivity index (χ2v) is 6.07. The maximum Gasteiger partial charge on any atom is 0.269 e. The maximum absolute atomic E-state index is 5.97. The van der Waals surface area contributed by atoms with Crippen molar-refractivity contribution >= 4 is 22.9 Å². The Morgan fingerprint density at radius 2 is 2.19 bits per heavy atom. The topological polar surface area (TPSA) is 77.8 Å². The van der Waals surface area contributed by atoms with Crippen LogP contribution >= 0.6 is 22.9 Å². The summed E-state index contributed by atoms with van der Waals surface area (Å²) in [6, 6.07) is 7.61. The Morgan fingerprint density at radius 3 is 2.90 bits per heavy atom. The molecule has 21 heavy (non-hydrogen) atoms. The predicted octanol–water partition coefficient (Wildman–Crippen LogP) is 3.20. The molecular weight excluding hydrogens is 308 g/mol. The first-order valence-corrected chi connectivity index (χ1v) is 7.59. The highest BCUT2D eigenvalue weighted by Crippen LogP contribution is 2.28. The van der Waals surface area contributed by atoms with Crippen molar-refractivity contribution < 1.29 is 4.52 Å². The van der Waals surface area contributed by atoms with Crippen molar-refractivity contribution in [2.24, 2.45) is 5.73 Å². The van der Waals surface area contributed by atoms with Crippen LogP contribution in [0.1, 0.15) is 22.1 Å². The predicted molar refractivity (Wildman–Crippen MR) is 82.3 cm³/mol. The Balaban J connectivity index is 1.84. The normalized spacial score (nSPS) is 11.0. The van der Waals surface area contributed by atoms with Crippen LogP contribution in [0.2, 0.25) is 5.02 Å². The van der Waals surface area contributed by atoms with Gasteiger partial charge < -0.3 is 10.3 Å². The summed E-state index contributed by atoms with van der Waals surface area (Å²) >= 11 is 7.45. The van der Waals surface area contributed by atoms with Crippen molar-refractivity contribution in [3.63, 3.8) is 0 Å². The molecule has 0 aliphatic carbocycles. The minimum absolute atomic E-state index is 0.412. The molecule has 7 heteroatoms. The third kappa shape index (κ3) is 3.12. The van der Waals surface area contributed by atoms with Crippen LogP contribution in [0, 0.1) is 6.92 Å². The minimum Gasteiger partial charge on any atom is -0.333 e. The van der Waals surface area contributed by atoms with E-state index in [9.17, 15) is 0 Å². The van der Waals surface area contributed by atoms with E-state index in [1.807, 2.05) is 31.2 Å². The van der Waals surface area contributed by atoms with Crippen LogP contribution in [0.25, 0.3) is 10.8 Å². The molecule has 0 aliphatic heterocycles. The molecular formula is C14H13ClN4OS. The molecule has 1 aromatic carbocycles. The highest BCUT2D eigenvalue weighted by Gasteiger charge is 2.16. The number of aryl methyl sites for hydroxylation is 1. The fourth-order valence-electron chi connectivity index (χ4n) is 1.99. The number of nitrogens with two attached hydrogens (primary N) is 1. The van der Waals surface area contributed by atoms with Gasteiger partial charge >= 0.3 is 0 Å². The van der Waals surface area contributed by atoms with Gasteiger partial charge in [-0.15, -0.1) is 11.3 Å². The Kier molecular flexibility index (Phi) is 4.01. The lowest BCUT2D eigenvalue weighted by Crippen LogP contribution is -1.94. The fraction of sp³-hybridized carbons (Fsp3) is 0.214. The van der Waals surface area contributed by atoms with Crippen LogP contribution in [-0.4, -0.2) is 15.1 Å². The average molecular weight is 321 g/mol. The molecule has 0 spiro atoms. The van der Waals surface area contributed by atoms with Crippen LogP contribution in [-0.2, 0) is 13.0 Å². The molecule has 0 saturated heterocycles. The van der Waals surface area contributed by atoms with Crippen LogP contribution in [0.3, 0.4) is 0 Å². The van der Waals surface area contributed by atoms with Crippen molar-refractivity contribution in [2.75, 3.05) is 0 Å². The molecule has 0 aliphatic rings. The van der Waals surface area contributed by atoms with Crippen molar-refractivity contribution in [3.05, 3.63) is 51.4 Å². The molecule has 2 heterocycles. The van der Waals surface area contributed by atoms with Gasteiger partial charge in [0.05, 0.1) is 5.69 Å². The summed E-state index contributed by atoms with van der Waals surface area (Å²) < 4.78 is 5.33. The van der Waals surface area contributed by atoms with Gasteiger partial charge in [-0.05, 0) is 24.6 Å². The Morgan fingerprint density at radius 1 is 1.33 bits per heavy atom. The summed E-state index contributed by atoms with van der Waals surface area (Å²) in [7, 11) is 0. The molecule has 0 amide bonds. The summed E-state index contributed by atoms with van der Waals surface area (Å²) in [6.07, 6.45) is 0.575. The lowest BCUT2D eigenvalue weighted by Gasteiger charge is -1.96. The van der Waals surface area contributed by atoms with E-state index in [2.05, 4.69) is 15.1 Å². The molecule has 0 bridgehead atoms. The molecule has 0 atom stereocenters. The van der Waals surface area contributed by atoms with Gasteiger partial charge in [0.25, 0.3) is 5.89 Å². The van der Waals surface area contributed by atoms with Gasteiger partial charge in [0.2, 0.25) is 0 Å². The Hall–Kier alpha value is -1.76. The molecule has 2 N–H and O–H groups in total. The van der Waals surface area contributed by atoms with Gasteiger partial charge in [-0.3, -0.25) is 0 Å². The number of hydrogen-bond acceptors (Lipinski definition) is 6. The highest BCUT2D eigenvalue weighted by molar-refractivity contribution is 7.15. The first-order chi connectivity index (χ1) is 10.2. The minimum atomic E-state index is 0.412. The number of aromatic nitrogens is 3. The number of rotatable bonds is 4. The van der Waals surface area contributed by atoms with E-state index in [0.29, 0.717) is 29.7 Å². The molecule has 3 rings (SSSR count). The van der Waals surface area contributed by atoms with Gasteiger partial charge in [0.1, 0.15) is 9.88 Å². The third-order valence-electron chi connectivity index (χ3n) is 2.93. The third-order valence-corrected chi connectivity index (χ3v) is 4.33. The smallest absolute Gasteiger partial charge is 0.269 e. The summed E-state index contributed by atoms with van der Waals surface area (Å²) in [6.45, 7) is 2.32. The molecule has 0 saturated carbocycles. The molecule has 5 nitrogen and oxygen atoms in total. The number of hydrogen-bond donors (Lipinski definition) is 1. The van der Waals surface area contributed by atoms with E-state index in [0.717, 1.165) is 21.1 Å². The van der Waals surface area contributed by atoms with E-state index in [1.54, 1.807) is 0 Å². The van der Waals surface area contributed by atoms with E-state index in [1.165, 1.54) is 11.3 Å². The quantitative estimate of drug-likeness (QED) is 0.798. The summed E-state index contributed by atoms with van der Waals surface area (Å²) in [5.74, 6) is 1.11. The van der Waals surface area contributed by atoms with E-state index in [4.69, 9.17) is 21.9 Å². The maximum atomic E-state index is 5.97. The van der Waals surface area contributed by atoms with Crippen LogP contribution in [0.4, 0.5) is 0 Å². The lowest BCUT2D eigenvalue weighted by atomic mass is 10.1. The van der Waals surface area contributed by atoms with Crippen molar-refractivity contribution in [3.8, 4) is 10.8 Å². The van der Waals surface area contributed by atoms with Crippen LogP contribution in [0.5, 0.6) is 0 Å². The Labute approximate surface area is 130 Å². The van der Waals surface area contributed by atoms with E-state index in [-0.39, 0.29) is 0 Å². The standard InChI is InChI=1S/C14H13ClN4OS/c1-8-13(21-12(7-16)17-8)14-18-11(19-20-14)6-9-3-2-4-10(15)5-9/h2-5H,6-7,16H2,1H3. The van der Waals surface area contributed by atoms with Crippen molar-refractivity contribution in [1.82, 2.24) is 15.1 Å². The lowest BCUT2D eigenvalue weighted by molar-refractivity contribution is 0.424. The van der Waals surface area contributed by atoms with Crippen molar-refractivity contribution in [1.29, 1.82) is 0 Å². The number of thiazole rings is 1. The molecule has 0 radical (unpaired) electrons. The van der Waals surface area contributed by atoms with Gasteiger partial charge in [0.15, 0.2) is 5.82 Å². The second kappa shape index (κ2) is 5.93. The summed E-state index contributed by atoms with van der Waals surface area (Å²) in [4.78, 5) is 9.66.